The molecular weight excluding hydrogens is 232 g/mol. The Morgan fingerprint density at radius 3 is 2.68 bits per heavy atom. The van der Waals surface area contributed by atoms with Gasteiger partial charge in [0.25, 0.3) is 0 Å². The van der Waals surface area contributed by atoms with E-state index in [1.807, 2.05) is 0 Å². The number of nitrogens with zero attached hydrogens (tertiary/aromatic N) is 1. The van der Waals surface area contributed by atoms with Crippen LogP contribution in [0.1, 0.15) is 71.1 Å². The zero-order valence-corrected chi connectivity index (χ0v) is 12.7. The van der Waals surface area contributed by atoms with Crippen molar-refractivity contribution in [3.8, 4) is 0 Å². The summed E-state index contributed by atoms with van der Waals surface area (Å²) in [5.41, 5.74) is 6.88. The van der Waals surface area contributed by atoms with Crippen LogP contribution < -0.4 is 5.73 Å². The third-order valence-electron chi connectivity index (χ3n) is 6.00. The van der Waals surface area contributed by atoms with Gasteiger partial charge in [-0.05, 0) is 56.9 Å². The predicted octanol–water partition coefficient (Wildman–Crippen LogP) is 3.55. The molecule has 3 aliphatic rings. The topological polar surface area (TPSA) is 29.3 Å². The molecule has 2 nitrogen and oxygen atoms in total. The minimum absolute atomic E-state index is 0.122. The molecule has 0 radical (unpaired) electrons. The molecule has 0 bridgehead atoms. The second kappa shape index (κ2) is 5.73. The fourth-order valence-electron chi connectivity index (χ4n) is 5.17. The van der Waals surface area contributed by atoms with Gasteiger partial charge in [0.15, 0.2) is 0 Å². The molecule has 3 fully saturated rings. The summed E-state index contributed by atoms with van der Waals surface area (Å²) >= 11 is 0. The molecule has 0 aromatic rings. The van der Waals surface area contributed by atoms with Gasteiger partial charge in [-0.2, -0.15) is 0 Å². The van der Waals surface area contributed by atoms with Gasteiger partial charge in [0.05, 0.1) is 0 Å². The second-order valence-corrected chi connectivity index (χ2v) is 7.79. The summed E-state index contributed by atoms with van der Waals surface area (Å²) in [7, 11) is 0. The van der Waals surface area contributed by atoms with Crippen LogP contribution in [0.5, 0.6) is 0 Å². The Morgan fingerprint density at radius 1 is 1.05 bits per heavy atom. The molecule has 2 saturated carbocycles. The molecule has 19 heavy (non-hydrogen) atoms. The van der Waals surface area contributed by atoms with Gasteiger partial charge in [-0.3, -0.25) is 4.90 Å². The molecule has 1 saturated heterocycles. The number of fused-ring (bicyclic) bond motifs is 1. The summed E-state index contributed by atoms with van der Waals surface area (Å²) in [5.74, 6) is 1.83. The Hall–Kier alpha value is -0.0800. The van der Waals surface area contributed by atoms with Crippen molar-refractivity contribution in [2.75, 3.05) is 13.1 Å². The summed E-state index contributed by atoms with van der Waals surface area (Å²) < 4.78 is 0. The maximum atomic E-state index is 6.76. The molecule has 2 N–H and O–H groups in total. The van der Waals surface area contributed by atoms with Crippen molar-refractivity contribution in [3.63, 3.8) is 0 Å². The summed E-state index contributed by atoms with van der Waals surface area (Å²) in [6.07, 6.45) is 14.0. The standard InChI is InChI=1S/C17H32N2/c1-14-6-4-10-17(18,12-14)13-19-11-5-8-15-7-2-3-9-16(15)19/h14-16H,2-13,18H2,1H3. The smallest absolute Gasteiger partial charge is 0.0286 e. The van der Waals surface area contributed by atoms with Crippen LogP contribution in [-0.4, -0.2) is 29.6 Å². The van der Waals surface area contributed by atoms with E-state index in [0.29, 0.717) is 0 Å². The van der Waals surface area contributed by atoms with Crippen molar-refractivity contribution >= 4 is 0 Å². The van der Waals surface area contributed by atoms with E-state index < -0.39 is 0 Å². The molecule has 0 aromatic heterocycles. The molecule has 1 aliphatic heterocycles. The van der Waals surface area contributed by atoms with Gasteiger partial charge in [0, 0.05) is 18.1 Å². The third kappa shape index (κ3) is 3.16. The zero-order valence-electron chi connectivity index (χ0n) is 12.7. The first-order chi connectivity index (χ1) is 9.16. The fraction of sp³-hybridized carbons (Fsp3) is 1.00. The lowest BCUT2D eigenvalue weighted by atomic mass is 9.74. The molecule has 110 valence electrons. The summed E-state index contributed by atoms with van der Waals surface area (Å²) in [5, 5.41) is 0. The van der Waals surface area contributed by atoms with E-state index in [0.717, 1.165) is 17.9 Å². The predicted molar refractivity (Wildman–Crippen MR) is 81.1 cm³/mol. The average molecular weight is 264 g/mol. The normalized spacial score (nSPS) is 44.8. The fourth-order valence-corrected chi connectivity index (χ4v) is 5.17. The van der Waals surface area contributed by atoms with E-state index in [1.54, 1.807) is 0 Å². The zero-order chi connectivity index (χ0) is 13.3. The minimum Gasteiger partial charge on any atom is -0.324 e. The second-order valence-electron chi connectivity index (χ2n) is 7.79. The van der Waals surface area contributed by atoms with Crippen molar-refractivity contribution in [3.05, 3.63) is 0 Å². The Kier molecular flexibility index (Phi) is 4.19. The number of piperidine rings is 1. The Morgan fingerprint density at radius 2 is 1.84 bits per heavy atom. The van der Waals surface area contributed by atoms with E-state index in [1.165, 1.54) is 77.3 Å². The Balaban J connectivity index is 1.64. The highest BCUT2D eigenvalue weighted by Crippen LogP contribution is 2.38. The van der Waals surface area contributed by atoms with Crippen LogP contribution in [0.3, 0.4) is 0 Å². The van der Waals surface area contributed by atoms with Gasteiger partial charge in [0.2, 0.25) is 0 Å². The van der Waals surface area contributed by atoms with Crippen LogP contribution >= 0.6 is 0 Å². The lowest BCUT2D eigenvalue weighted by molar-refractivity contribution is 0.0314. The molecule has 4 atom stereocenters. The largest absolute Gasteiger partial charge is 0.324 e. The van der Waals surface area contributed by atoms with Crippen molar-refractivity contribution < 1.29 is 0 Å². The number of hydrogen-bond acceptors (Lipinski definition) is 2. The van der Waals surface area contributed by atoms with Gasteiger partial charge in [-0.15, -0.1) is 0 Å². The van der Waals surface area contributed by atoms with Crippen LogP contribution in [-0.2, 0) is 0 Å². The molecule has 3 rings (SSSR count). The summed E-state index contributed by atoms with van der Waals surface area (Å²) in [4.78, 5) is 2.80. The monoisotopic (exact) mass is 264 g/mol. The van der Waals surface area contributed by atoms with Crippen molar-refractivity contribution in [1.29, 1.82) is 0 Å². The van der Waals surface area contributed by atoms with Crippen LogP contribution in [0.15, 0.2) is 0 Å². The first-order valence-corrected chi connectivity index (χ1v) is 8.69. The average Bonchev–Trinajstić information content (AvgIpc) is 2.38. The Labute approximate surface area is 119 Å². The van der Waals surface area contributed by atoms with E-state index >= 15 is 0 Å². The molecule has 0 amide bonds. The quantitative estimate of drug-likeness (QED) is 0.826. The van der Waals surface area contributed by atoms with E-state index in [2.05, 4.69) is 11.8 Å². The molecule has 1 heterocycles. The van der Waals surface area contributed by atoms with Crippen molar-refractivity contribution in [2.24, 2.45) is 17.6 Å². The van der Waals surface area contributed by atoms with Crippen LogP contribution in [0.4, 0.5) is 0 Å². The first kappa shape index (κ1) is 13.9. The molecule has 2 aliphatic carbocycles. The maximum Gasteiger partial charge on any atom is 0.0286 e. The lowest BCUT2D eigenvalue weighted by Crippen LogP contribution is -2.57. The van der Waals surface area contributed by atoms with Gasteiger partial charge in [-0.1, -0.05) is 32.6 Å². The maximum absolute atomic E-state index is 6.76. The van der Waals surface area contributed by atoms with Crippen LogP contribution in [0.2, 0.25) is 0 Å². The molecule has 0 spiro atoms. The van der Waals surface area contributed by atoms with Gasteiger partial charge in [0.1, 0.15) is 0 Å². The summed E-state index contributed by atoms with van der Waals surface area (Å²) in [6, 6.07) is 0.875. The highest BCUT2D eigenvalue weighted by atomic mass is 15.2. The third-order valence-corrected chi connectivity index (χ3v) is 6.00. The summed E-state index contributed by atoms with van der Waals surface area (Å²) in [6.45, 7) is 4.88. The van der Waals surface area contributed by atoms with E-state index in [9.17, 15) is 0 Å². The number of likely N-dealkylation sites (tertiary alicyclic amines) is 1. The molecule has 0 aromatic carbocycles. The van der Waals surface area contributed by atoms with Gasteiger partial charge < -0.3 is 5.73 Å². The van der Waals surface area contributed by atoms with Crippen LogP contribution in [0, 0.1) is 11.8 Å². The highest BCUT2D eigenvalue weighted by Gasteiger charge is 2.38. The SMILES string of the molecule is CC1CCCC(N)(CN2CCCC3CCCCC32)C1. The lowest BCUT2D eigenvalue weighted by Gasteiger charge is -2.48. The number of hydrogen-bond donors (Lipinski definition) is 1. The Bertz CT molecular complexity index is 302. The van der Waals surface area contributed by atoms with Crippen LogP contribution in [0.25, 0.3) is 0 Å². The molecule has 2 heteroatoms. The number of nitrogens with two attached hydrogens (primary N) is 1. The van der Waals surface area contributed by atoms with Gasteiger partial charge >= 0.3 is 0 Å². The molecule has 4 unspecified atom stereocenters. The highest BCUT2D eigenvalue weighted by molar-refractivity contribution is 4.96. The van der Waals surface area contributed by atoms with E-state index in [4.69, 9.17) is 5.73 Å². The van der Waals surface area contributed by atoms with Gasteiger partial charge in [-0.25, -0.2) is 0 Å². The van der Waals surface area contributed by atoms with Crippen molar-refractivity contribution in [1.82, 2.24) is 4.90 Å². The number of rotatable bonds is 2. The van der Waals surface area contributed by atoms with E-state index in [-0.39, 0.29) is 5.54 Å². The van der Waals surface area contributed by atoms with Crippen molar-refractivity contribution in [2.45, 2.75) is 82.7 Å². The molecular formula is C17H32N2. The minimum atomic E-state index is 0.122. The first-order valence-electron chi connectivity index (χ1n) is 8.69.